The van der Waals surface area contributed by atoms with E-state index in [2.05, 4.69) is 24.5 Å². The number of thiol groups is 1. The van der Waals surface area contributed by atoms with Gasteiger partial charge in [-0.15, -0.1) is 11.8 Å². The number of unbranched alkanes of at least 4 members (excludes halogenated alkanes) is 14. The van der Waals surface area contributed by atoms with Crippen LogP contribution in [0.2, 0.25) is 0 Å². The van der Waals surface area contributed by atoms with Crippen molar-refractivity contribution in [3.8, 4) is 11.8 Å². The maximum absolute atomic E-state index is 10.6. The lowest BCUT2D eigenvalue weighted by molar-refractivity contribution is -0.137. The maximum atomic E-state index is 10.6. The van der Waals surface area contributed by atoms with Gasteiger partial charge in [-0.25, -0.2) is 0 Å². The molecule has 0 aliphatic carbocycles. The van der Waals surface area contributed by atoms with Gasteiger partial charge in [-0.2, -0.15) is 12.6 Å². The first-order valence-corrected chi connectivity index (χ1v) is 11.6. The Balaban J connectivity index is 3.17. The van der Waals surface area contributed by atoms with Gasteiger partial charge in [-0.05, 0) is 25.7 Å². The lowest BCUT2D eigenvalue weighted by Gasteiger charge is -2.05. The third kappa shape index (κ3) is 21.2. The van der Waals surface area contributed by atoms with Crippen molar-refractivity contribution in [3.63, 3.8) is 0 Å². The number of hydrogen-bond donors (Lipinski definition) is 3. The van der Waals surface area contributed by atoms with Crippen molar-refractivity contribution in [1.82, 2.24) is 0 Å². The SMILES string of the molecule is O=C(O)CCCCCC#CCCCCCCCCCCCCCC(S)C(=O)O. The summed E-state index contributed by atoms with van der Waals surface area (Å²) in [6, 6.07) is 0. The first kappa shape index (κ1) is 26.9. The summed E-state index contributed by atoms with van der Waals surface area (Å²) in [5.41, 5.74) is 0. The van der Waals surface area contributed by atoms with Gasteiger partial charge >= 0.3 is 11.9 Å². The molecule has 5 heteroatoms. The van der Waals surface area contributed by atoms with Crippen LogP contribution in [-0.4, -0.2) is 27.4 Å². The molecule has 4 nitrogen and oxygen atoms in total. The molecule has 0 aliphatic rings. The zero-order chi connectivity index (χ0) is 20.9. The van der Waals surface area contributed by atoms with E-state index in [1.807, 2.05) is 0 Å². The minimum absolute atomic E-state index is 0.277. The molecular weight excluding hydrogens is 372 g/mol. The number of rotatable bonds is 19. The van der Waals surface area contributed by atoms with Crippen molar-refractivity contribution >= 4 is 24.6 Å². The van der Waals surface area contributed by atoms with E-state index >= 15 is 0 Å². The Morgan fingerprint density at radius 2 is 1.04 bits per heavy atom. The first-order chi connectivity index (χ1) is 13.5. The van der Waals surface area contributed by atoms with Gasteiger partial charge < -0.3 is 10.2 Å². The second-order valence-electron chi connectivity index (χ2n) is 7.59. The molecule has 1 unspecified atom stereocenters. The van der Waals surface area contributed by atoms with Crippen LogP contribution < -0.4 is 0 Å². The van der Waals surface area contributed by atoms with Crippen LogP contribution in [0, 0.1) is 11.8 Å². The van der Waals surface area contributed by atoms with Crippen LogP contribution in [0.5, 0.6) is 0 Å². The highest BCUT2D eigenvalue weighted by Gasteiger charge is 2.10. The van der Waals surface area contributed by atoms with E-state index in [4.69, 9.17) is 10.2 Å². The second kappa shape index (κ2) is 20.6. The molecule has 162 valence electrons. The standard InChI is InChI=1S/C23H40O4S/c24-22(25)20-18-16-14-12-10-8-6-4-2-1-3-5-7-9-11-13-15-17-19-21(28)23(26)27/h21,28H,1-7,9,11-20H2,(H,24,25)(H,26,27). The number of carbonyl (C=O) groups is 2. The van der Waals surface area contributed by atoms with Crippen LogP contribution in [0.15, 0.2) is 0 Å². The molecule has 0 aromatic heterocycles. The second-order valence-corrected chi connectivity index (χ2v) is 8.21. The molecule has 0 saturated heterocycles. The van der Waals surface area contributed by atoms with E-state index in [0.29, 0.717) is 6.42 Å². The smallest absolute Gasteiger partial charge is 0.316 e. The summed E-state index contributed by atoms with van der Waals surface area (Å²) in [5, 5.41) is 16.8. The summed E-state index contributed by atoms with van der Waals surface area (Å²) in [4.78, 5) is 21.0. The van der Waals surface area contributed by atoms with Gasteiger partial charge in [0.15, 0.2) is 0 Å². The van der Waals surface area contributed by atoms with Crippen molar-refractivity contribution in [2.45, 2.75) is 121 Å². The van der Waals surface area contributed by atoms with Gasteiger partial charge in [0, 0.05) is 19.3 Å². The van der Waals surface area contributed by atoms with E-state index in [1.54, 1.807) is 0 Å². The summed E-state index contributed by atoms with van der Waals surface area (Å²) >= 11 is 4.05. The topological polar surface area (TPSA) is 74.6 Å². The predicted octanol–water partition coefficient (Wildman–Crippen LogP) is 6.48. The summed E-state index contributed by atoms with van der Waals surface area (Å²) in [5.74, 6) is 4.91. The van der Waals surface area contributed by atoms with Gasteiger partial charge in [0.25, 0.3) is 0 Å². The minimum Gasteiger partial charge on any atom is -0.481 e. The number of carboxylic acid groups (broad SMARTS) is 2. The average molecular weight is 413 g/mol. The zero-order valence-corrected chi connectivity index (χ0v) is 18.4. The van der Waals surface area contributed by atoms with Crippen molar-refractivity contribution in [1.29, 1.82) is 0 Å². The monoisotopic (exact) mass is 412 g/mol. The van der Waals surface area contributed by atoms with Crippen molar-refractivity contribution in [2.24, 2.45) is 0 Å². The molecule has 0 spiro atoms. The van der Waals surface area contributed by atoms with Crippen molar-refractivity contribution in [3.05, 3.63) is 0 Å². The highest BCUT2D eigenvalue weighted by atomic mass is 32.1. The van der Waals surface area contributed by atoms with Crippen LogP contribution >= 0.6 is 12.6 Å². The molecule has 0 amide bonds. The molecule has 0 aliphatic heterocycles. The van der Waals surface area contributed by atoms with E-state index in [1.165, 1.54) is 57.8 Å². The van der Waals surface area contributed by atoms with Gasteiger partial charge in [0.2, 0.25) is 0 Å². The lowest BCUT2D eigenvalue weighted by Crippen LogP contribution is -2.12. The fraction of sp³-hybridized carbons (Fsp3) is 0.826. The summed E-state index contributed by atoms with van der Waals surface area (Å²) < 4.78 is 0. The fourth-order valence-corrected chi connectivity index (χ4v) is 3.29. The molecule has 0 radical (unpaired) electrons. The zero-order valence-electron chi connectivity index (χ0n) is 17.5. The Labute approximate surface area is 177 Å². The Kier molecular flexibility index (Phi) is 19.7. The Bertz CT molecular complexity index is 453. The third-order valence-electron chi connectivity index (χ3n) is 4.88. The molecule has 0 fully saturated rings. The fourth-order valence-electron chi connectivity index (χ4n) is 3.11. The summed E-state index contributed by atoms with van der Waals surface area (Å²) in [7, 11) is 0. The molecule has 0 rings (SSSR count). The number of aliphatic carboxylic acids is 2. The lowest BCUT2D eigenvalue weighted by atomic mass is 10.0. The van der Waals surface area contributed by atoms with Crippen molar-refractivity contribution in [2.75, 3.05) is 0 Å². The summed E-state index contributed by atoms with van der Waals surface area (Å²) in [6.07, 6.45) is 19.1. The highest BCUT2D eigenvalue weighted by molar-refractivity contribution is 7.81. The van der Waals surface area contributed by atoms with Crippen LogP contribution in [0.4, 0.5) is 0 Å². The molecule has 0 bridgehead atoms. The maximum Gasteiger partial charge on any atom is 0.316 e. The molecule has 0 aromatic carbocycles. The van der Waals surface area contributed by atoms with Crippen LogP contribution in [0.1, 0.15) is 116 Å². The minimum atomic E-state index is -0.805. The Morgan fingerprint density at radius 3 is 1.46 bits per heavy atom. The highest BCUT2D eigenvalue weighted by Crippen LogP contribution is 2.14. The van der Waals surface area contributed by atoms with E-state index in [9.17, 15) is 9.59 Å². The average Bonchev–Trinajstić information content (AvgIpc) is 2.65. The van der Waals surface area contributed by atoms with Crippen LogP contribution in [0.3, 0.4) is 0 Å². The van der Waals surface area contributed by atoms with Gasteiger partial charge in [-0.1, -0.05) is 70.6 Å². The van der Waals surface area contributed by atoms with Gasteiger partial charge in [0.05, 0.1) is 5.25 Å². The van der Waals surface area contributed by atoms with Crippen LogP contribution in [0.25, 0.3) is 0 Å². The molecule has 0 aromatic rings. The first-order valence-electron chi connectivity index (χ1n) is 11.1. The molecular formula is C23H40O4S. The quantitative estimate of drug-likeness (QED) is 0.129. The molecule has 28 heavy (non-hydrogen) atoms. The molecule has 1 atom stereocenters. The van der Waals surface area contributed by atoms with Crippen molar-refractivity contribution < 1.29 is 19.8 Å². The Hall–Kier alpha value is -1.15. The number of carboxylic acids is 2. The Morgan fingerprint density at radius 1 is 0.643 bits per heavy atom. The predicted molar refractivity (Wildman–Crippen MR) is 119 cm³/mol. The normalized spacial score (nSPS) is 11.6. The largest absolute Gasteiger partial charge is 0.481 e. The number of hydrogen-bond acceptors (Lipinski definition) is 3. The van der Waals surface area contributed by atoms with Gasteiger partial charge in [-0.3, -0.25) is 9.59 Å². The summed E-state index contributed by atoms with van der Waals surface area (Å²) in [6.45, 7) is 0. The van der Waals surface area contributed by atoms with E-state index in [0.717, 1.165) is 44.9 Å². The van der Waals surface area contributed by atoms with E-state index in [-0.39, 0.29) is 6.42 Å². The molecule has 0 heterocycles. The van der Waals surface area contributed by atoms with Gasteiger partial charge in [0.1, 0.15) is 0 Å². The van der Waals surface area contributed by atoms with Crippen LogP contribution in [-0.2, 0) is 9.59 Å². The molecule has 2 N–H and O–H groups in total. The van der Waals surface area contributed by atoms with E-state index < -0.39 is 17.2 Å². The molecule has 0 saturated carbocycles. The third-order valence-corrected chi connectivity index (χ3v) is 5.36.